The lowest BCUT2D eigenvalue weighted by Gasteiger charge is -2.20. The van der Waals surface area contributed by atoms with Gasteiger partial charge in [0.05, 0.1) is 18.0 Å². The fraction of sp³-hybridized carbons (Fsp3) is 0.267. The molecular formula is C15H16Cl2N4O. The molecule has 116 valence electrons. The molecule has 0 bridgehead atoms. The maximum absolute atomic E-state index is 12.2. The Bertz CT molecular complexity index is 746. The molecule has 22 heavy (non-hydrogen) atoms. The third kappa shape index (κ3) is 3.87. The molecule has 0 saturated carbocycles. The molecule has 2 rings (SSSR count). The van der Waals surface area contributed by atoms with E-state index in [1.807, 2.05) is 32.9 Å². The lowest BCUT2D eigenvalue weighted by Crippen LogP contribution is -2.36. The number of hydrogen-bond donors (Lipinski definition) is 1. The first kappa shape index (κ1) is 16.5. The first-order valence-electron chi connectivity index (χ1n) is 6.62. The molecule has 0 aliphatic heterocycles. The summed E-state index contributed by atoms with van der Waals surface area (Å²) in [5.74, 6) is 0. The highest BCUT2D eigenvalue weighted by atomic mass is 35.5. The van der Waals surface area contributed by atoms with Crippen LogP contribution in [0.2, 0.25) is 10.0 Å². The quantitative estimate of drug-likeness (QED) is 0.684. The van der Waals surface area contributed by atoms with Crippen LogP contribution >= 0.6 is 23.2 Å². The Labute approximate surface area is 138 Å². The lowest BCUT2D eigenvalue weighted by atomic mass is 10.1. The van der Waals surface area contributed by atoms with Crippen molar-refractivity contribution in [3.8, 4) is 0 Å². The second-order valence-electron chi connectivity index (χ2n) is 5.68. The molecule has 7 heteroatoms. The minimum Gasteiger partial charge on any atom is -0.275 e. The van der Waals surface area contributed by atoms with Crippen LogP contribution in [0.5, 0.6) is 0 Å². The average molecular weight is 339 g/mol. The first-order chi connectivity index (χ1) is 10.3. The molecule has 0 unspecified atom stereocenters. The summed E-state index contributed by atoms with van der Waals surface area (Å²) in [5, 5.41) is 8.87. The SMILES string of the molecule is CC(C)(C)n1ncc(NN=Cc2ccc(Cl)cc2)c(Cl)c1=O. The molecule has 2 aromatic rings. The van der Waals surface area contributed by atoms with Crippen molar-refractivity contribution in [1.29, 1.82) is 0 Å². The molecule has 0 fully saturated rings. The molecule has 1 heterocycles. The number of benzene rings is 1. The summed E-state index contributed by atoms with van der Waals surface area (Å²) in [4.78, 5) is 12.2. The van der Waals surface area contributed by atoms with Gasteiger partial charge in [-0.3, -0.25) is 10.2 Å². The molecule has 1 aromatic carbocycles. The predicted octanol–water partition coefficient (Wildman–Crippen LogP) is 3.75. The standard InChI is InChI=1S/C15H16Cl2N4O/c1-15(2,3)21-14(22)13(17)12(9-19-21)20-18-8-10-4-6-11(16)7-5-10/h4-9,20H,1-3H3. The third-order valence-corrected chi connectivity index (χ3v) is 3.44. The molecule has 0 aliphatic carbocycles. The van der Waals surface area contributed by atoms with Crippen molar-refractivity contribution in [1.82, 2.24) is 9.78 Å². The fourth-order valence-corrected chi connectivity index (χ4v) is 2.01. The number of hydrogen-bond acceptors (Lipinski definition) is 4. The van der Waals surface area contributed by atoms with Crippen LogP contribution in [-0.2, 0) is 5.54 Å². The molecule has 0 spiro atoms. The highest BCUT2D eigenvalue weighted by molar-refractivity contribution is 6.33. The van der Waals surface area contributed by atoms with E-state index in [2.05, 4.69) is 15.6 Å². The van der Waals surface area contributed by atoms with Gasteiger partial charge < -0.3 is 0 Å². The van der Waals surface area contributed by atoms with Crippen LogP contribution in [0, 0.1) is 0 Å². The van der Waals surface area contributed by atoms with Gasteiger partial charge in [0.1, 0.15) is 10.7 Å². The van der Waals surface area contributed by atoms with Gasteiger partial charge in [-0.15, -0.1) is 0 Å². The summed E-state index contributed by atoms with van der Waals surface area (Å²) in [7, 11) is 0. The smallest absolute Gasteiger partial charge is 0.275 e. The lowest BCUT2D eigenvalue weighted by molar-refractivity contribution is 0.338. The van der Waals surface area contributed by atoms with E-state index in [9.17, 15) is 4.79 Å². The van der Waals surface area contributed by atoms with E-state index < -0.39 is 5.54 Å². The summed E-state index contributed by atoms with van der Waals surface area (Å²) in [6.07, 6.45) is 3.08. The van der Waals surface area contributed by atoms with Crippen LogP contribution in [0.1, 0.15) is 26.3 Å². The fourth-order valence-electron chi connectivity index (χ4n) is 1.71. The van der Waals surface area contributed by atoms with Gasteiger partial charge in [-0.1, -0.05) is 35.3 Å². The molecule has 0 saturated heterocycles. The predicted molar refractivity (Wildman–Crippen MR) is 91.2 cm³/mol. The highest BCUT2D eigenvalue weighted by Crippen LogP contribution is 2.18. The highest BCUT2D eigenvalue weighted by Gasteiger charge is 2.19. The maximum atomic E-state index is 12.2. The van der Waals surface area contributed by atoms with Crippen LogP contribution < -0.4 is 11.0 Å². The Morgan fingerprint density at radius 1 is 1.23 bits per heavy atom. The monoisotopic (exact) mass is 338 g/mol. The zero-order valence-corrected chi connectivity index (χ0v) is 14.0. The number of aromatic nitrogens is 2. The van der Waals surface area contributed by atoms with Gasteiger partial charge in [0.2, 0.25) is 0 Å². The van der Waals surface area contributed by atoms with Gasteiger partial charge in [0.25, 0.3) is 5.56 Å². The first-order valence-corrected chi connectivity index (χ1v) is 7.37. The molecule has 0 amide bonds. The van der Waals surface area contributed by atoms with E-state index >= 15 is 0 Å². The van der Waals surface area contributed by atoms with Gasteiger partial charge in [-0.2, -0.15) is 10.2 Å². The largest absolute Gasteiger partial charge is 0.288 e. The van der Waals surface area contributed by atoms with Crippen molar-refractivity contribution in [2.75, 3.05) is 5.43 Å². The minimum absolute atomic E-state index is 0.0539. The summed E-state index contributed by atoms with van der Waals surface area (Å²) >= 11 is 11.9. The molecule has 1 N–H and O–H groups in total. The molecule has 1 aromatic heterocycles. The van der Waals surface area contributed by atoms with Crippen molar-refractivity contribution in [2.24, 2.45) is 5.10 Å². The number of hydrazone groups is 1. The molecule has 0 aliphatic rings. The Morgan fingerprint density at radius 2 is 1.86 bits per heavy atom. The minimum atomic E-state index is -0.439. The third-order valence-electron chi connectivity index (χ3n) is 2.82. The molecule has 5 nitrogen and oxygen atoms in total. The van der Waals surface area contributed by atoms with Crippen LogP contribution in [-0.4, -0.2) is 16.0 Å². The second-order valence-corrected chi connectivity index (χ2v) is 6.50. The summed E-state index contributed by atoms with van der Waals surface area (Å²) in [6.45, 7) is 5.64. The number of nitrogens with zero attached hydrogens (tertiary/aromatic N) is 3. The Kier molecular flexibility index (Phi) is 4.88. The van der Waals surface area contributed by atoms with Crippen LogP contribution in [0.25, 0.3) is 0 Å². The topological polar surface area (TPSA) is 59.3 Å². The van der Waals surface area contributed by atoms with Gasteiger partial charge >= 0.3 is 0 Å². The number of rotatable bonds is 3. The van der Waals surface area contributed by atoms with E-state index in [4.69, 9.17) is 23.2 Å². The number of anilines is 1. The van der Waals surface area contributed by atoms with E-state index in [1.165, 1.54) is 10.9 Å². The van der Waals surface area contributed by atoms with E-state index in [-0.39, 0.29) is 10.6 Å². The molecule has 0 radical (unpaired) electrons. The Hall–Kier alpha value is -1.85. The van der Waals surface area contributed by atoms with E-state index in [0.29, 0.717) is 10.7 Å². The summed E-state index contributed by atoms with van der Waals surface area (Å²) in [6, 6.07) is 7.18. The van der Waals surface area contributed by atoms with Gasteiger partial charge in [0, 0.05) is 5.02 Å². The van der Waals surface area contributed by atoms with E-state index in [1.54, 1.807) is 18.3 Å². The van der Waals surface area contributed by atoms with Gasteiger partial charge in [-0.25, -0.2) is 4.68 Å². The number of nitrogens with one attached hydrogen (secondary N) is 1. The summed E-state index contributed by atoms with van der Waals surface area (Å²) < 4.78 is 1.34. The zero-order chi connectivity index (χ0) is 16.3. The van der Waals surface area contributed by atoms with Crippen molar-refractivity contribution in [3.63, 3.8) is 0 Å². The van der Waals surface area contributed by atoms with Gasteiger partial charge in [0.15, 0.2) is 0 Å². The van der Waals surface area contributed by atoms with Gasteiger partial charge in [-0.05, 0) is 38.5 Å². The van der Waals surface area contributed by atoms with E-state index in [0.717, 1.165) is 5.56 Å². The van der Waals surface area contributed by atoms with Crippen LogP contribution in [0.15, 0.2) is 40.4 Å². The normalized spacial score (nSPS) is 11.9. The molecular weight excluding hydrogens is 323 g/mol. The van der Waals surface area contributed by atoms with Crippen molar-refractivity contribution < 1.29 is 0 Å². The van der Waals surface area contributed by atoms with Crippen LogP contribution in [0.4, 0.5) is 5.69 Å². The average Bonchev–Trinajstić information content (AvgIpc) is 2.44. The summed E-state index contributed by atoms with van der Waals surface area (Å²) in [5.41, 5.74) is 3.15. The van der Waals surface area contributed by atoms with Crippen molar-refractivity contribution >= 4 is 35.1 Å². The van der Waals surface area contributed by atoms with Crippen molar-refractivity contribution in [3.05, 3.63) is 56.4 Å². The molecule has 0 atom stereocenters. The maximum Gasteiger partial charge on any atom is 0.288 e. The van der Waals surface area contributed by atoms with Crippen molar-refractivity contribution in [2.45, 2.75) is 26.3 Å². The second kappa shape index (κ2) is 6.50. The Balaban J connectivity index is 2.19. The Morgan fingerprint density at radius 3 is 2.45 bits per heavy atom. The number of halogens is 2. The zero-order valence-electron chi connectivity index (χ0n) is 12.5. The van der Waals surface area contributed by atoms with Crippen LogP contribution in [0.3, 0.4) is 0 Å².